The van der Waals surface area contributed by atoms with Crippen molar-refractivity contribution in [3.05, 3.63) is 50.7 Å². The summed E-state index contributed by atoms with van der Waals surface area (Å²) in [6.45, 7) is 0. The van der Waals surface area contributed by atoms with Gasteiger partial charge in [0.15, 0.2) is 0 Å². The van der Waals surface area contributed by atoms with E-state index in [-0.39, 0.29) is 22.0 Å². The fourth-order valence-electron chi connectivity index (χ4n) is 2.48. The fourth-order valence-corrected chi connectivity index (χ4v) is 2.48. The fraction of sp³-hybridized carbons (Fsp3) is 0.133. The Balaban J connectivity index is 2.55. The molecule has 22 heavy (non-hydrogen) atoms. The Morgan fingerprint density at radius 1 is 1.18 bits per heavy atom. The third-order valence-corrected chi connectivity index (χ3v) is 3.50. The van der Waals surface area contributed by atoms with Gasteiger partial charge in [0.2, 0.25) is 5.43 Å². The predicted molar refractivity (Wildman–Crippen MR) is 81.8 cm³/mol. The van der Waals surface area contributed by atoms with Crippen molar-refractivity contribution in [2.24, 2.45) is 0 Å². The van der Waals surface area contributed by atoms with Crippen molar-refractivity contribution in [2.75, 3.05) is 14.2 Å². The van der Waals surface area contributed by atoms with Gasteiger partial charge in [-0.3, -0.25) is 14.9 Å². The summed E-state index contributed by atoms with van der Waals surface area (Å²) < 4.78 is 10.4. The zero-order chi connectivity index (χ0) is 15.9. The summed E-state index contributed by atoms with van der Waals surface area (Å²) in [4.78, 5) is 26.2. The molecule has 0 radical (unpaired) electrons. The van der Waals surface area contributed by atoms with Gasteiger partial charge in [-0.05, 0) is 6.07 Å². The van der Waals surface area contributed by atoms with Crippen LogP contribution in [0.4, 0.5) is 5.69 Å². The van der Waals surface area contributed by atoms with Crippen LogP contribution in [0, 0.1) is 10.1 Å². The molecule has 0 saturated heterocycles. The minimum absolute atomic E-state index is 0.154. The summed E-state index contributed by atoms with van der Waals surface area (Å²) in [5.41, 5.74) is 0.119. The van der Waals surface area contributed by atoms with E-state index in [4.69, 9.17) is 9.47 Å². The van der Waals surface area contributed by atoms with Crippen molar-refractivity contribution < 1.29 is 14.4 Å². The molecule has 3 aromatic rings. The van der Waals surface area contributed by atoms with E-state index in [1.54, 1.807) is 18.2 Å². The molecule has 112 valence electrons. The van der Waals surface area contributed by atoms with E-state index in [2.05, 4.69) is 4.98 Å². The van der Waals surface area contributed by atoms with Crippen LogP contribution in [0.15, 0.2) is 35.1 Å². The second-order valence-corrected chi connectivity index (χ2v) is 4.66. The molecule has 1 aromatic heterocycles. The van der Waals surface area contributed by atoms with Crippen LogP contribution in [0.25, 0.3) is 21.8 Å². The number of para-hydroxylation sites is 1. The normalized spacial score (nSPS) is 10.8. The molecule has 0 aliphatic heterocycles. The third kappa shape index (κ3) is 1.95. The van der Waals surface area contributed by atoms with E-state index in [1.807, 2.05) is 0 Å². The number of nitrogens with one attached hydrogen (secondary N) is 1. The second kappa shape index (κ2) is 5.03. The van der Waals surface area contributed by atoms with Gasteiger partial charge in [-0.25, -0.2) is 0 Å². The lowest BCUT2D eigenvalue weighted by Crippen LogP contribution is -2.07. The molecule has 0 unspecified atom stereocenters. The Bertz CT molecular complexity index is 961. The maximum atomic E-state index is 12.7. The van der Waals surface area contributed by atoms with Crippen LogP contribution >= 0.6 is 0 Å². The molecular formula is C15H12N2O5. The number of aromatic amines is 1. The third-order valence-electron chi connectivity index (χ3n) is 3.50. The lowest BCUT2D eigenvalue weighted by molar-refractivity contribution is -0.383. The van der Waals surface area contributed by atoms with Gasteiger partial charge in [0.25, 0.3) is 5.69 Å². The number of rotatable bonds is 3. The number of benzene rings is 2. The Labute approximate surface area is 124 Å². The number of pyridine rings is 1. The summed E-state index contributed by atoms with van der Waals surface area (Å²) in [7, 11) is 2.94. The summed E-state index contributed by atoms with van der Waals surface area (Å²) in [5, 5.41) is 11.7. The van der Waals surface area contributed by atoms with Crippen LogP contribution in [-0.2, 0) is 0 Å². The number of non-ortho nitro benzene ring substituents is 1. The van der Waals surface area contributed by atoms with Gasteiger partial charge in [0.05, 0.1) is 35.4 Å². The van der Waals surface area contributed by atoms with Crippen LogP contribution in [0.2, 0.25) is 0 Å². The van der Waals surface area contributed by atoms with Crippen LogP contribution < -0.4 is 14.9 Å². The van der Waals surface area contributed by atoms with Crippen molar-refractivity contribution in [3.8, 4) is 11.5 Å². The van der Waals surface area contributed by atoms with E-state index in [0.717, 1.165) is 0 Å². The molecule has 3 rings (SSSR count). The number of fused-ring (bicyclic) bond motifs is 2. The molecule has 2 aromatic carbocycles. The summed E-state index contributed by atoms with van der Waals surface area (Å²) >= 11 is 0. The number of nitro benzene ring substituents is 1. The lowest BCUT2D eigenvalue weighted by atomic mass is 10.1. The maximum absolute atomic E-state index is 12.7. The SMILES string of the molecule is COc1cc(OC)c2c(=O)c3cccc([N+](=O)[O-])c3[nH]c2c1. The van der Waals surface area contributed by atoms with Gasteiger partial charge in [-0.15, -0.1) is 0 Å². The average molecular weight is 300 g/mol. The molecule has 1 heterocycles. The molecule has 0 amide bonds. The van der Waals surface area contributed by atoms with Gasteiger partial charge in [-0.1, -0.05) is 6.07 Å². The van der Waals surface area contributed by atoms with Crippen LogP contribution in [0.1, 0.15) is 0 Å². The highest BCUT2D eigenvalue weighted by molar-refractivity contribution is 5.99. The molecular weight excluding hydrogens is 288 g/mol. The minimum Gasteiger partial charge on any atom is -0.497 e. The first kappa shape index (κ1) is 13.9. The number of methoxy groups -OCH3 is 2. The maximum Gasteiger partial charge on any atom is 0.293 e. The number of hydrogen-bond acceptors (Lipinski definition) is 5. The van der Waals surface area contributed by atoms with Gasteiger partial charge < -0.3 is 14.5 Å². The van der Waals surface area contributed by atoms with Crippen LogP contribution in [-0.4, -0.2) is 24.1 Å². The quantitative estimate of drug-likeness (QED) is 0.456. The average Bonchev–Trinajstić information content (AvgIpc) is 2.53. The van der Waals surface area contributed by atoms with Gasteiger partial charge >= 0.3 is 0 Å². The highest BCUT2D eigenvalue weighted by Crippen LogP contribution is 2.31. The van der Waals surface area contributed by atoms with Gasteiger partial charge in [0, 0.05) is 18.2 Å². The standard InChI is InChI=1S/C15H12N2O5/c1-21-8-6-10-13(12(7-8)22-2)15(18)9-4-3-5-11(17(19)20)14(9)16-10/h3-7H,1-2H3,(H,16,18). The van der Waals surface area contributed by atoms with Crippen molar-refractivity contribution in [3.63, 3.8) is 0 Å². The molecule has 0 atom stereocenters. The van der Waals surface area contributed by atoms with E-state index in [9.17, 15) is 14.9 Å². The molecule has 0 spiro atoms. The van der Waals surface area contributed by atoms with E-state index < -0.39 is 4.92 Å². The van der Waals surface area contributed by atoms with Gasteiger partial charge in [0.1, 0.15) is 17.0 Å². The molecule has 7 nitrogen and oxygen atoms in total. The number of aromatic nitrogens is 1. The van der Waals surface area contributed by atoms with E-state index >= 15 is 0 Å². The van der Waals surface area contributed by atoms with Crippen molar-refractivity contribution in [2.45, 2.75) is 0 Å². The van der Waals surface area contributed by atoms with E-state index in [1.165, 1.54) is 26.4 Å². The lowest BCUT2D eigenvalue weighted by Gasteiger charge is -2.09. The smallest absolute Gasteiger partial charge is 0.293 e. The summed E-state index contributed by atoms with van der Waals surface area (Å²) in [6.07, 6.45) is 0. The number of hydrogen-bond donors (Lipinski definition) is 1. The Morgan fingerprint density at radius 3 is 2.59 bits per heavy atom. The highest BCUT2D eigenvalue weighted by Gasteiger charge is 2.18. The van der Waals surface area contributed by atoms with Crippen molar-refractivity contribution >= 4 is 27.5 Å². The topological polar surface area (TPSA) is 94.5 Å². The van der Waals surface area contributed by atoms with Crippen molar-refractivity contribution in [1.82, 2.24) is 4.98 Å². The molecule has 0 fully saturated rings. The van der Waals surface area contributed by atoms with Crippen LogP contribution in [0.5, 0.6) is 11.5 Å². The summed E-state index contributed by atoms with van der Waals surface area (Å²) in [6, 6.07) is 7.58. The highest BCUT2D eigenvalue weighted by atomic mass is 16.6. The number of ether oxygens (including phenoxy) is 2. The predicted octanol–water partition coefficient (Wildman–Crippen LogP) is 2.61. The molecule has 7 heteroatoms. The monoisotopic (exact) mass is 300 g/mol. The Morgan fingerprint density at radius 2 is 1.95 bits per heavy atom. The zero-order valence-corrected chi connectivity index (χ0v) is 11.9. The number of nitrogens with zero attached hydrogens (tertiary/aromatic N) is 1. The van der Waals surface area contributed by atoms with E-state index in [0.29, 0.717) is 22.4 Å². The molecule has 0 aliphatic rings. The molecule has 0 aliphatic carbocycles. The first-order chi connectivity index (χ1) is 10.6. The zero-order valence-electron chi connectivity index (χ0n) is 11.9. The van der Waals surface area contributed by atoms with Crippen LogP contribution in [0.3, 0.4) is 0 Å². The Kier molecular flexibility index (Phi) is 3.17. The second-order valence-electron chi connectivity index (χ2n) is 4.66. The summed E-state index contributed by atoms with van der Waals surface area (Å²) in [5.74, 6) is 0.835. The first-order valence-electron chi connectivity index (χ1n) is 6.42. The number of H-pyrrole nitrogens is 1. The molecule has 0 bridgehead atoms. The van der Waals surface area contributed by atoms with Gasteiger partial charge in [-0.2, -0.15) is 0 Å². The number of nitro groups is 1. The first-order valence-corrected chi connectivity index (χ1v) is 6.42. The molecule has 1 N–H and O–H groups in total. The Hall–Kier alpha value is -3.09. The minimum atomic E-state index is -0.526. The largest absolute Gasteiger partial charge is 0.497 e. The molecule has 0 saturated carbocycles. The van der Waals surface area contributed by atoms with Crippen molar-refractivity contribution in [1.29, 1.82) is 0 Å².